The molecule has 3 heteroatoms. The number of benzene rings is 1. The molecule has 2 N–H and O–H groups in total. The van der Waals surface area contributed by atoms with Crippen LogP contribution in [0.25, 0.3) is 0 Å². The molecule has 1 atom stereocenters. The lowest BCUT2D eigenvalue weighted by Gasteiger charge is -2.14. The van der Waals surface area contributed by atoms with Gasteiger partial charge in [-0.1, -0.05) is 31.2 Å². The summed E-state index contributed by atoms with van der Waals surface area (Å²) in [6, 6.07) is 12.8. The maximum Gasteiger partial charge on any atom is 0.0681 e. The van der Waals surface area contributed by atoms with Gasteiger partial charge in [0.05, 0.1) is 6.61 Å². The maximum atomic E-state index is 9.16. The molecule has 0 aliphatic heterocycles. The van der Waals surface area contributed by atoms with Crippen LogP contribution >= 0.6 is 11.3 Å². The zero-order valence-electron chi connectivity index (χ0n) is 11.5. The lowest BCUT2D eigenvalue weighted by molar-refractivity contribution is 0.281. The molecule has 2 aromatic rings. The van der Waals surface area contributed by atoms with E-state index in [1.807, 2.05) is 23.5 Å². The fourth-order valence-corrected chi connectivity index (χ4v) is 2.95. The smallest absolute Gasteiger partial charge is 0.0681 e. The number of aliphatic hydroxyl groups is 1. The minimum absolute atomic E-state index is 0.103. The van der Waals surface area contributed by atoms with Crippen LogP contribution in [0.2, 0.25) is 0 Å². The van der Waals surface area contributed by atoms with Crippen molar-refractivity contribution in [2.24, 2.45) is 0 Å². The van der Waals surface area contributed by atoms with Crippen molar-refractivity contribution in [2.75, 3.05) is 0 Å². The van der Waals surface area contributed by atoms with Gasteiger partial charge in [-0.15, -0.1) is 11.3 Å². The molecule has 102 valence electrons. The van der Waals surface area contributed by atoms with Crippen molar-refractivity contribution < 1.29 is 5.11 Å². The monoisotopic (exact) mass is 275 g/mol. The molecule has 2 rings (SSSR count). The van der Waals surface area contributed by atoms with Crippen molar-refractivity contribution in [2.45, 2.75) is 39.5 Å². The fraction of sp³-hybridized carbons (Fsp3) is 0.375. The average molecular weight is 275 g/mol. The van der Waals surface area contributed by atoms with E-state index in [-0.39, 0.29) is 6.61 Å². The van der Waals surface area contributed by atoms with Crippen molar-refractivity contribution in [3.8, 4) is 0 Å². The molecule has 0 aliphatic carbocycles. The van der Waals surface area contributed by atoms with E-state index in [2.05, 4.69) is 43.4 Å². The summed E-state index contributed by atoms with van der Waals surface area (Å²) in [5, 5.41) is 12.7. The summed E-state index contributed by atoms with van der Waals surface area (Å²) in [4.78, 5) is 2.81. The number of aliphatic hydroxyl groups excluding tert-OH is 1. The Morgan fingerprint density at radius 3 is 2.68 bits per heavy atom. The number of nitrogens with one attached hydrogen (secondary N) is 1. The average Bonchev–Trinajstić information content (AvgIpc) is 2.93. The summed E-state index contributed by atoms with van der Waals surface area (Å²) >= 11 is 1.88. The zero-order valence-corrected chi connectivity index (χ0v) is 12.3. The summed E-state index contributed by atoms with van der Waals surface area (Å²) in [5.41, 5.74) is 2.19. The number of hydrogen-bond donors (Lipinski definition) is 2. The molecule has 0 bridgehead atoms. The molecule has 1 aromatic heterocycles. The lowest BCUT2D eigenvalue weighted by atomic mass is 10.1. The van der Waals surface area contributed by atoms with Crippen LogP contribution in [-0.4, -0.2) is 5.11 Å². The van der Waals surface area contributed by atoms with E-state index in [9.17, 15) is 0 Å². The van der Waals surface area contributed by atoms with Crippen LogP contribution in [0.15, 0.2) is 36.4 Å². The van der Waals surface area contributed by atoms with E-state index in [0.29, 0.717) is 6.04 Å². The van der Waals surface area contributed by atoms with Crippen LogP contribution in [-0.2, 0) is 19.6 Å². The Bertz CT molecular complexity index is 521. The van der Waals surface area contributed by atoms with Gasteiger partial charge in [0.25, 0.3) is 0 Å². The third kappa shape index (κ3) is 3.90. The van der Waals surface area contributed by atoms with Gasteiger partial charge in [0.15, 0.2) is 0 Å². The van der Waals surface area contributed by atoms with E-state index in [4.69, 9.17) is 5.11 Å². The Balaban J connectivity index is 1.94. The third-order valence-corrected chi connectivity index (χ3v) is 4.51. The van der Waals surface area contributed by atoms with Crippen molar-refractivity contribution in [1.82, 2.24) is 5.32 Å². The Labute approximate surface area is 119 Å². The van der Waals surface area contributed by atoms with Gasteiger partial charge < -0.3 is 10.4 Å². The standard InChI is InChI=1S/C16H21NOS/c1-3-15-7-8-16(19-15)10-17-12(2)14-6-4-5-13(9-14)11-18/h4-9,12,17-18H,3,10-11H2,1-2H3. The molecule has 0 fully saturated rings. The second kappa shape index (κ2) is 6.85. The summed E-state index contributed by atoms with van der Waals surface area (Å²) in [6.07, 6.45) is 1.11. The molecule has 1 heterocycles. The van der Waals surface area contributed by atoms with E-state index >= 15 is 0 Å². The van der Waals surface area contributed by atoms with Crippen LogP contribution in [0.1, 0.15) is 40.8 Å². The molecule has 0 saturated carbocycles. The molecule has 1 aromatic carbocycles. The molecule has 0 amide bonds. The van der Waals surface area contributed by atoms with Gasteiger partial charge in [-0.25, -0.2) is 0 Å². The highest BCUT2D eigenvalue weighted by atomic mass is 32.1. The maximum absolute atomic E-state index is 9.16. The van der Waals surface area contributed by atoms with Crippen LogP contribution in [0.5, 0.6) is 0 Å². The molecule has 19 heavy (non-hydrogen) atoms. The first kappa shape index (κ1) is 14.3. The topological polar surface area (TPSA) is 32.3 Å². The second-order valence-electron chi connectivity index (χ2n) is 4.73. The van der Waals surface area contributed by atoms with Gasteiger partial charge in [0.2, 0.25) is 0 Å². The van der Waals surface area contributed by atoms with Crippen molar-refractivity contribution in [3.05, 3.63) is 57.3 Å². The molecule has 0 aliphatic rings. The number of rotatable bonds is 6. The normalized spacial score (nSPS) is 12.6. The largest absolute Gasteiger partial charge is 0.392 e. The van der Waals surface area contributed by atoms with Crippen LogP contribution in [0.3, 0.4) is 0 Å². The van der Waals surface area contributed by atoms with E-state index < -0.39 is 0 Å². The lowest BCUT2D eigenvalue weighted by Crippen LogP contribution is -2.17. The minimum Gasteiger partial charge on any atom is -0.392 e. The Morgan fingerprint density at radius 1 is 1.21 bits per heavy atom. The molecule has 0 radical (unpaired) electrons. The molecule has 1 unspecified atom stereocenters. The molecule has 2 nitrogen and oxygen atoms in total. The molecular formula is C16H21NOS. The molecule has 0 saturated heterocycles. The zero-order chi connectivity index (χ0) is 13.7. The third-order valence-electron chi connectivity index (χ3n) is 3.28. The first-order valence-electron chi connectivity index (χ1n) is 6.73. The van der Waals surface area contributed by atoms with E-state index in [1.165, 1.54) is 15.3 Å². The van der Waals surface area contributed by atoms with Crippen LogP contribution in [0, 0.1) is 0 Å². The van der Waals surface area contributed by atoms with Gasteiger partial charge in [-0.05, 0) is 36.6 Å². The van der Waals surface area contributed by atoms with Gasteiger partial charge in [-0.3, -0.25) is 0 Å². The Kier molecular flexibility index (Phi) is 5.14. The predicted octanol–water partition coefficient (Wildman–Crippen LogP) is 3.65. The van der Waals surface area contributed by atoms with Crippen LogP contribution in [0.4, 0.5) is 0 Å². The Hall–Kier alpha value is -1.16. The minimum atomic E-state index is 0.103. The van der Waals surface area contributed by atoms with Crippen molar-refractivity contribution in [3.63, 3.8) is 0 Å². The highest BCUT2D eigenvalue weighted by molar-refractivity contribution is 7.11. The quantitative estimate of drug-likeness (QED) is 0.843. The highest BCUT2D eigenvalue weighted by Gasteiger charge is 2.06. The second-order valence-corrected chi connectivity index (χ2v) is 5.98. The van der Waals surface area contributed by atoms with Gasteiger partial charge in [-0.2, -0.15) is 0 Å². The van der Waals surface area contributed by atoms with Gasteiger partial charge in [0.1, 0.15) is 0 Å². The molecular weight excluding hydrogens is 254 g/mol. The van der Waals surface area contributed by atoms with Gasteiger partial charge in [0, 0.05) is 22.3 Å². The SMILES string of the molecule is CCc1ccc(CNC(C)c2cccc(CO)c2)s1. The first-order chi connectivity index (χ1) is 9.22. The Morgan fingerprint density at radius 2 is 2.00 bits per heavy atom. The van der Waals surface area contributed by atoms with Crippen LogP contribution < -0.4 is 5.32 Å². The fourth-order valence-electron chi connectivity index (χ4n) is 2.04. The van der Waals surface area contributed by atoms with E-state index in [1.54, 1.807) is 0 Å². The molecule has 0 spiro atoms. The summed E-state index contributed by atoms with van der Waals surface area (Å²) in [5.74, 6) is 0. The number of thiophene rings is 1. The van der Waals surface area contributed by atoms with Crippen molar-refractivity contribution in [1.29, 1.82) is 0 Å². The number of aryl methyl sites for hydroxylation is 1. The van der Waals surface area contributed by atoms with Crippen molar-refractivity contribution >= 4 is 11.3 Å². The van der Waals surface area contributed by atoms with Gasteiger partial charge >= 0.3 is 0 Å². The predicted molar refractivity (Wildman–Crippen MR) is 81.3 cm³/mol. The first-order valence-corrected chi connectivity index (χ1v) is 7.55. The number of hydrogen-bond acceptors (Lipinski definition) is 3. The summed E-state index contributed by atoms with van der Waals surface area (Å²) in [7, 11) is 0. The summed E-state index contributed by atoms with van der Waals surface area (Å²) in [6.45, 7) is 5.34. The summed E-state index contributed by atoms with van der Waals surface area (Å²) < 4.78 is 0. The highest BCUT2D eigenvalue weighted by Crippen LogP contribution is 2.19. The van der Waals surface area contributed by atoms with E-state index in [0.717, 1.165) is 18.5 Å².